The van der Waals surface area contributed by atoms with E-state index >= 15 is 0 Å². The smallest absolute Gasteiger partial charge is 0.228 e. The maximum absolute atomic E-state index is 13.0. The van der Waals surface area contributed by atoms with E-state index in [0.29, 0.717) is 43.6 Å². The van der Waals surface area contributed by atoms with Gasteiger partial charge in [0.25, 0.3) is 0 Å². The Hall–Kier alpha value is -1.92. The van der Waals surface area contributed by atoms with Gasteiger partial charge in [0, 0.05) is 32.5 Å². The molecule has 130 valence electrons. The molecule has 2 saturated heterocycles. The lowest BCUT2D eigenvalue weighted by molar-refractivity contribution is -0.136. The van der Waals surface area contributed by atoms with E-state index < -0.39 is 0 Å². The van der Waals surface area contributed by atoms with E-state index in [1.807, 2.05) is 16.7 Å². The van der Waals surface area contributed by atoms with Gasteiger partial charge in [0.05, 0.1) is 12.0 Å². The SMILES string of the molecule is CCc1nc([C@@H]2CCCN2C(=O)[C@@H]2CC(=O)N(CC3CC3)C2)no1. The lowest BCUT2D eigenvalue weighted by Crippen LogP contribution is -2.37. The van der Waals surface area contributed by atoms with Crippen molar-refractivity contribution in [2.24, 2.45) is 11.8 Å². The van der Waals surface area contributed by atoms with Crippen molar-refractivity contribution in [2.45, 2.75) is 51.5 Å². The van der Waals surface area contributed by atoms with Gasteiger partial charge in [-0.1, -0.05) is 12.1 Å². The van der Waals surface area contributed by atoms with E-state index in [1.54, 1.807) is 0 Å². The predicted molar refractivity (Wildman–Crippen MR) is 84.8 cm³/mol. The minimum Gasteiger partial charge on any atom is -0.342 e. The molecule has 3 fully saturated rings. The molecule has 7 heteroatoms. The largest absolute Gasteiger partial charge is 0.342 e. The number of likely N-dealkylation sites (tertiary alicyclic amines) is 2. The molecule has 0 unspecified atom stereocenters. The Kier molecular flexibility index (Phi) is 4.02. The zero-order valence-corrected chi connectivity index (χ0v) is 14.1. The molecule has 7 nitrogen and oxygen atoms in total. The van der Waals surface area contributed by atoms with Gasteiger partial charge in [0.15, 0.2) is 5.82 Å². The normalized spacial score (nSPS) is 27.3. The highest BCUT2D eigenvalue weighted by Gasteiger charge is 2.42. The van der Waals surface area contributed by atoms with Crippen LogP contribution in [-0.2, 0) is 16.0 Å². The molecular weight excluding hydrogens is 308 g/mol. The molecular formula is C17H24N4O3. The molecule has 1 saturated carbocycles. The van der Waals surface area contributed by atoms with Crippen molar-refractivity contribution in [1.82, 2.24) is 19.9 Å². The van der Waals surface area contributed by atoms with Crippen LogP contribution in [0.5, 0.6) is 0 Å². The Labute approximate surface area is 141 Å². The second kappa shape index (κ2) is 6.18. The summed E-state index contributed by atoms with van der Waals surface area (Å²) in [5, 5.41) is 4.05. The zero-order valence-electron chi connectivity index (χ0n) is 14.1. The Morgan fingerprint density at radius 2 is 2.17 bits per heavy atom. The Bertz CT molecular complexity index is 640. The summed E-state index contributed by atoms with van der Waals surface area (Å²) in [6.45, 7) is 4.08. The van der Waals surface area contributed by atoms with Crippen molar-refractivity contribution in [2.75, 3.05) is 19.6 Å². The van der Waals surface area contributed by atoms with Crippen molar-refractivity contribution < 1.29 is 14.1 Å². The lowest BCUT2D eigenvalue weighted by atomic mass is 10.1. The molecule has 2 amide bonds. The summed E-state index contributed by atoms with van der Waals surface area (Å²) < 4.78 is 5.20. The maximum Gasteiger partial charge on any atom is 0.228 e. The summed E-state index contributed by atoms with van der Waals surface area (Å²) in [5.74, 6) is 1.87. The first-order chi connectivity index (χ1) is 11.7. The first kappa shape index (κ1) is 15.6. The fourth-order valence-corrected chi connectivity index (χ4v) is 3.81. The molecule has 0 radical (unpaired) electrons. The lowest BCUT2D eigenvalue weighted by Gasteiger charge is -2.25. The molecule has 0 spiro atoms. The van der Waals surface area contributed by atoms with E-state index in [1.165, 1.54) is 12.8 Å². The van der Waals surface area contributed by atoms with Crippen molar-refractivity contribution in [3.05, 3.63) is 11.7 Å². The van der Waals surface area contributed by atoms with Crippen LogP contribution in [0.4, 0.5) is 0 Å². The third-order valence-electron chi connectivity index (χ3n) is 5.36. The summed E-state index contributed by atoms with van der Waals surface area (Å²) in [7, 11) is 0. The number of nitrogens with zero attached hydrogens (tertiary/aromatic N) is 4. The number of hydrogen-bond donors (Lipinski definition) is 0. The van der Waals surface area contributed by atoms with Crippen LogP contribution in [0, 0.1) is 11.8 Å². The van der Waals surface area contributed by atoms with Crippen LogP contribution in [0.2, 0.25) is 0 Å². The van der Waals surface area contributed by atoms with Crippen LogP contribution >= 0.6 is 0 Å². The second-order valence-electron chi connectivity index (χ2n) is 7.23. The number of hydrogen-bond acceptors (Lipinski definition) is 5. The molecule has 1 aromatic heterocycles. The number of aromatic nitrogens is 2. The molecule has 0 bridgehead atoms. The molecule has 2 aliphatic heterocycles. The number of aryl methyl sites for hydroxylation is 1. The predicted octanol–water partition coefficient (Wildman–Crippen LogP) is 1.55. The summed E-state index contributed by atoms with van der Waals surface area (Å²) in [6, 6.07) is -0.103. The zero-order chi connectivity index (χ0) is 16.7. The molecule has 0 N–H and O–H groups in total. The van der Waals surface area contributed by atoms with Crippen molar-refractivity contribution in [3.8, 4) is 0 Å². The number of carbonyl (C=O) groups excluding carboxylic acids is 2. The minimum absolute atomic E-state index is 0.0759. The Morgan fingerprint density at radius 3 is 2.88 bits per heavy atom. The minimum atomic E-state index is -0.214. The van der Waals surface area contributed by atoms with Gasteiger partial charge in [-0.15, -0.1) is 0 Å². The van der Waals surface area contributed by atoms with E-state index in [2.05, 4.69) is 10.1 Å². The summed E-state index contributed by atoms with van der Waals surface area (Å²) >= 11 is 0. The molecule has 4 rings (SSSR count). The highest BCUT2D eigenvalue weighted by molar-refractivity contribution is 5.89. The van der Waals surface area contributed by atoms with Crippen molar-refractivity contribution in [3.63, 3.8) is 0 Å². The van der Waals surface area contributed by atoms with Gasteiger partial charge >= 0.3 is 0 Å². The molecule has 3 aliphatic rings. The van der Waals surface area contributed by atoms with Gasteiger partial charge in [-0.25, -0.2) is 0 Å². The maximum atomic E-state index is 13.0. The van der Waals surface area contributed by atoms with Crippen LogP contribution in [-0.4, -0.2) is 51.4 Å². The Morgan fingerprint density at radius 1 is 1.33 bits per heavy atom. The highest BCUT2D eigenvalue weighted by Crippen LogP contribution is 2.35. The molecule has 3 heterocycles. The quantitative estimate of drug-likeness (QED) is 0.817. The highest BCUT2D eigenvalue weighted by atomic mass is 16.5. The van der Waals surface area contributed by atoms with Crippen LogP contribution in [0.25, 0.3) is 0 Å². The van der Waals surface area contributed by atoms with E-state index in [4.69, 9.17) is 4.52 Å². The van der Waals surface area contributed by atoms with E-state index in [-0.39, 0.29) is 23.8 Å². The molecule has 0 aromatic carbocycles. The van der Waals surface area contributed by atoms with Gasteiger partial charge in [0.1, 0.15) is 0 Å². The van der Waals surface area contributed by atoms with Crippen LogP contribution in [0.15, 0.2) is 4.52 Å². The topological polar surface area (TPSA) is 79.5 Å². The fourth-order valence-electron chi connectivity index (χ4n) is 3.81. The molecule has 24 heavy (non-hydrogen) atoms. The first-order valence-electron chi connectivity index (χ1n) is 9.06. The van der Waals surface area contributed by atoms with Crippen molar-refractivity contribution in [1.29, 1.82) is 0 Å². The summed E-state index contributed by atoms with van der Waals surface area (Å²) in [6.07, 6.45) is 5.28. The van der Waals surface area contributed by atoms with Gasteiger partial charge in [-0.3, -0.25) is 9.59 Å². The van der Waals surface area contributed by atoms with Gasteiger partial charge in [-0.05, 0) is 31.6 Å². The molecule has 2 atom stereocenters. The average Bonchev–Trinajstić information content (AvgIpc) is 3.00. The number of rotatable bonds is 5. The standard InChI is InChI=1S/C17H24N4O3/c1-2-14-18-16(19-24-14)13-4-3-7-21(13)17(23)12-8-15(22)20(10-12)9-11-5-6-11/h11-13H,2-10H2,1H3/t12-,13+/m1/s1. The van der Waals surface area contributed by atoms with Crippen LogP contribution in [0.1, 0.15) is 56.8 Å². The van der Waals surface area contributed by atoms with Gasteiger partial charge in [0.2, 0.25) is 17.7 Å². The Balaban J connectivity index is 1.44. The van der Waals surface area contributed by atoms with Gasteiger partial charge in [-0.2, -0.15) is 4.98 Å². The van der Waals surface area contributed by atoms with Gasteiger partial charge < -0.3 is 14.3 Å². The van der Waals surface area contributed by atoms with E-state index in [9.17, 15) is 9.59 Å². The van der Waals surface area contributed by atoms with E-state index in [0.717, 1.165) is 19.4 Å². The average molecular weight is 332 g/mol. The second-order valence-corrected chi connectivity index (χ2v) is 7.23. The van der Waals surface area contributed by atoms with Crippen molar-refractivity contribution >= 4 is 11.8 Å². The molecule has 1 aliphatic carbocycles. The monoisotopic (exact) mass is 332 g/mol. The van der Waals surface area contributed by atoms with Crippen LogP contribution in [0.3, 0.4) is 0 Å². The van der Waals surface area contributed by atoms with Crippen LogP contribution < -0.4 is 0 Å². The third kappa shape index (κ3) is 2.91. The third-order valence-corrected chi connectivity index (χ3v) is 5.36. The summed E-state index contributed by atoms with van der Waals surface area (Å²) in [4.78, 5) is 33.3. The molecule has 1 aromatic rings. The first-order valence-corrected chi connectivity index (χ1v) is 9.06. The summed E-state index contributed by atoms with van der Waals surface area (Å²) in [5.41, 5.74) is 0. The number of carbonyl (C=O) groups is 2. The fraction of sp³-hybridized carbons (Fsp3) is 0.765. The number of amides is 2.